The SMILES string of the molecule is Oc1cc(Br)c(C2CCNC2)c(F)c1O. The Kier molecular flexibility index (Phi) is 2.84. The molecule has 1 aliphatic rings. The van der Waals surface area contributed by atoms with Gasteiger partial charge in [-0.1, -0.05) is 15.9 Å². The highest BCUT2D eigenvalue weighted by molar-refractivity contribution is 9.10. The first-order valence-electron chi connectivity index (χ1n) is 4.71. The van der Waals surface area contributed by atoms with Crippen LogP contribution in [-0.2, 0) is 0 Å². The lowest BCUT2D eigenvalue weighted by Crippen LogP contribution is -2.09. The molecular formula is C10H11BrFNO2. The summed E-state index contributed by atoms with van der Waals surface area (Å²) in [5.41, 5.74) is 0.440. The van der Waals surface area contributed by atoms with Crippen LogP contribution in [0.2, 0.25) is 0 Å². The number of halogens is 2. The molecule has 1 aromatic rings. The van der Waals surface area contributed by atoms with E-state index in [0.29, 0.717) is 16.6 Å². The van der Waals surface area contributed by atoms with Gasteiger partial charge in [0.2, 0.25) is 0 Å². The van der Waals surface area contributed by atoms with Gasteiger partial charge in [-0.3, -0.25) is 0 Å². The normalized spacial score (nSPS) is 20.8. The summed E-state index contributed by atoms with van der Waals surface area (Å²) < 4.78 is 14.2. The Morgan fingerprint density at radius 3 is 2.80 bits per heavy atom. The predicted molar refractivity (Wildman–Crippen MR) is 57.7 cm³/mol. The minimum absolute atomic E-state index is 0.0471. The molecule has 1 unspecified atom stereocenters. The molecule has 1 aromatic carbocycles. The molecule has 3 N–H and O–H groups in total. The fourth-order valence-corrected chi connectivity index (χ4v) is 2.60. The van der Waals surface area contributed by atoms with E-state index in [9.17, 15) is 14.6 Å². The van der Waals surface area contributed by atoms with E-state index in [-0.39, 0.29) is 5.92 Å². The third kappa shape index (κ3) is 1.81. The first-order chi connectivity index (χ1) is 7.11. The van der Waals surface area contributed by atoms with E-state index in [1.165, 1.54) is 6.07 Å². The van der Waals surface area contributed by atoms with Gasteiger partial charge in [-0.05, 0) is 19.0 Å². The van der Waals surface area contributed by atoms with Crippen molar-refractivity contribution in [1.29, 1.82) is 0 Å². The molecule has 82 valence electrons. The Labute approximate surface area is 95.1 Å². The van der Waals surface area contributed by atoms with E-state index in [1.807, 2.05) is 0 Å². The molecule has 1 aliphatic heterocycles. The third-order valence-corrected chi connectivity index (χ3v) is 3.33. The van der Waals surface area contributed by atoms with Crippen LogP contribution in [0.4, 0.5) is 4.39 Å². The summed E-state index contributed by atoms with van der Waals surface area (Å²) in [5, 5.41) is 21.6. The van der Waals surface area contributed by atoms with E-state index >= 15 is 0 Å². The average molecular weight is 276 g/mol. The highest BCUT2D eigenvalue weighted by Crippen LogP contribution is 2.40. The average Bonchev–Trinajstić information content (AvgIpc) is 2.68. The minimum Gasteiger partial charge on any atom is -0.504 e. The first-order valence-corrected chi connectivity index (χ1v) is 5.51. The van der Waals surface area contributed by atoms with Gasteiger partial charge in [0.05, 0.1) is 0 Å². The van der Waals surface area contributed by atoms with Gasteiger partial charge >= 0.3 is 0 Å². The number of aromatic hydroxyl groups is 2. The van der Waals surface area contributed by atoms with Crippen molar-refractivity contribution in [3.63, 3.8) is 0 Å². The maximum Gasteiger partial charge on any atom is 0.194 e. The molecule has 0 amide bonds. The topological polar surface area (TPSA) is 52.5 Å². The fraction of sp³-hybridized carbons (Fsp3) is 0.400. The molecule has 1 saturated heterocycles. The van der Waals surface area contributed by atoms with Gasteiger partial charge in [0.15, 0.2) is 17.3 Å². The zero-order chi connectivity index (χ0) is 11.0. The van der Waals surface area contributed by atoms with E-state index in [2.05, 4.69) is 21.2 Å². The van der Waals surface area contributed by atoms with Gasteiger partial charge in [-0.15, -0.1) is 0 Å². The molecule has 15 heavy (non-hydrogen) atoms. The summed E-state index contributed by atoms with van der Waals surface area (Å²) in [6, 6.07) is 1.33. The zero-order valence-corrected chi connectivity index (χ0v) is 9.51. The Bertz CT molecular complexity index is 391. The van der Waals surface area contributed by atoms with Crippen LogP contribution in [0.25, 0.3) is 0 Å². The fourth-order valence-electron chi connectivity index (χ4n) is 1.89. The van der Waals surface area contributed by atoms with Crippen LogP contribution < -0.4 is 5.32 Å². The Balaban J connectivity index is 2.50. The number of hydrogen-bond acceptors (Lipinski definition) is 3. The minimum atomic E-state index is -0.726. The third-order valence-electron chi connectivity index (χ3n) is 2.68. The highest BCUT2D eigenvalue weighted by Gasteiger charge is 2.25. The summed E-state index contributed by atoms with van der Waals surface area (Å²) in [5.74, 6) is -1.78. The van der Waals surface area contributed by atoms with Crippen molar-refractivity contribution in [2.45, 2.75) is 12.3 Å². The van der Waals surface area contributed by atoms with Gasteiger partial charge < -0.3 is 15.5 Å². The summed E-state index contributed by atoms with van der Waals surface area (Å²) >= 11 is 3.20. The summed E-state index contributed by atoms with van der Waals surface area (Å²) in [6.45, 7) is 1.54. The summed E-state index contributed by atoms with van der Waals surface area (Å²) in [4.78, 5) is 0. The molecule has 1 atom stereocenters. The van der Waals surface area contributed by atoms with Crippen LogP contribution in [0.1, 0.15) is 17.9 Å². The second kappa shape index (κ2) is 3.98. The molecule has 0 radical (unpaired) electrons. The van der Waals surface area contributed by atoms with Gasteiger partial charge in [-0.2, -0.15) is 0 Å². The van der Waals surface area contributed by atoms with Crippen LogP contribution >= 0.6 is 15.9 Å². The van der Waals surface area contributed by atoms with Crippen molar-refractivity contribution >= 4 is 15.9 Å². The van der Waals surface area contributed by atoms with Gasteiger partial charge in [0.25, 0.3) is 0 Å². The van der Waals surface area contributed by atoms with Crippen molar-refractivity contribution in [3.05, 3.63) is 21.9 Å². The lowest BCUT2D eigenvalue weighted by Gasteiger charge is -2.14. The predicted octanol–water partition coefficient (Wildman–Crippen LogP) is 2.08. The Hall–Kier alpha value is -0.810. The second-order valence-corrected chi connectivity index (χ2v) is 4.50. The smallest absolute Gasteiger partial charge is 0.194 e. The quantitative estimate of drug-likeness (QED) is 0.688. The maximum atomic E-state index is 13.7. The van der Waals surface area contributed by atoms with Crippen molar-refractivity contribution in [1.82, 2.24) is 5.32 Å². The number of rotatable bonds is 1. The first kappa shape index (κ1) is 10.7. The zero-order valence-electron chi connectivity index (χ0n) is 7.93. The van der Waals surface area contributed by atoms with E-state index in [1.54, 1.807) is 0 Å². The van der Waals surface area contributed by atoms with Gasteiger partial charge in [0, 0.05) is 22.5 Å². The number of phenols is 2. The molecule has 0 saturated carbocycles. The van der Waals surface area contributed by atoms with Gasteiger partial charge in [0.1, 0.15) is 0 Å². The molecule has 0 aromatic heterocycles. The molecule has 0 spiro atoms. The Morgan fingerprint density at radius 2 is 2.20 bits per heavy atom. The molecule has 5 heteroatoms. The second-order valence-electron chi connectivity index (χ2n) is 3.64. The van der Waals surface area contributed by atoms with E-state index < -0.39 is 17.3 Å². The summed E-state index contributed by atoms with van der Waals surface area (Å²) in [6.07, 6.45) is 0.833. The lowest BCUT2D eigenvalue weighted by atomic mass is 9.97. The number of phenolic OH excluding ortho intramolecular Hbond substituents is 2. The molecule has 1 fully saturated rings. The highest BCUT2D eigenvalue weighted by atomic mass is 79.9. The van der Waals surface area contributed by atoms with Crippen LogP contribution in [-0.4, -0.2) is 23.3 Å². The van der Waals surface area contributed by atoms with E-state index in [4.69, 9.17) is 0 Å². The summed E-state index contributed by atoms with van der Waals surface area (Å²) in [7, 11) is 0. The molecule has 3 nitrogen and oxygen atoms in total. The monoisotopic (exact) mass is 275 g/mol. The van der Waals surface area contributed by atoms with Crippen molar-refractivity contribution in [2.24, 2.45) is 0 Å². The molecule has 1 heterocycles. The maximum absolute atomic E-state index is 13.7. The molecule has 0 bridgehead atoms. The molecule has 2 rings (SSSR count). The van der Waals surface area contributed by atoms with Crippen molar-refractivity contribution in [2.75, 3.05) is 13.1 Å². The number of benzene rings is 1. The van der Waals surface area contributed by atoms with Crippen molar-refractivity contribution in [3.8, 4) is 11.5 Å². The Morgan fingerprint density at radius 1 is 1.47 bits per heavy atom. The van der Waals surface area contributed by atoms with Crippen LogP contribution in [0.5, 0.6) is 11.5 Å². The molecular weight excluding hydrogens is 265 g/mol. The van der Waals surface area contributed by atoms with Crippen LogP contribution in [0.15, 0.2) is 10.5 Å². The lowest BCUT2D eigenvalue weighted by molar-refractivity contribution is 0.374. The van der Waals surface area contributed by atoms with Crippen molar-refractivity contribution < 1.29 is 14.6 Å². The van der Waals surface area contributed by atoms with Crippen LogP contribution in [0, 0.1) is 5.82 Å². The van der Waals surface area contributed by atoms with Gasteiger partial charge in [-0.25, -0.2) is 4.39 Å². The molecule has 0 aliphatic carbocycles. The van der Waals surface area contributed by atoms with E-state index in [0.717, 1.165) is 13.0 Å². The largest absolute Gasteiger partial charge is 0.504 e. The van der Waals surface area contributed by atoms with Crippen LogP contribution in [0.3, 0.4) is 0 Å². The standard InChI is InChI=1S/C10H11BrFNO2/c11-6-3-7(14)10(15)9(12)8(6)5-1-2-13-4-5/h3,5,13-15H,1-2,4H2. The number of nitrogens with one attached hydrogen (secondary N) is 1. The number of hydrogen-bond donors (Lipinski definition) is 3.